The Kier molecular flexibility index (Phi) is 6.14. The second-order valence-corrected chi connectivity index (χ2v) is 9.30. The topological polar surface area (TPSA) is 83.4 Å². The van der Waals surface area contributed by atoms with Crippen LogP contribution in [0.1, 0.15) is 31.3 Å². The normalized spacial score (nSPS) is 15.6. The zero-order chi connectivity index (χ0) is 20.3. The van der Waals surface area contributed by atoms with Gasteiger partial charge in [0, 0.05) is 55.3 Å². The highest BCUT2D eigenvalue weighted by atomic mass is 32.1. The third-order valence-corrected chi connectivity index (χ3v) is 5.59. The predicted molar refractivity (Wildman–Crippen MR) is 111 cm³/mol. The van der Waals surface area contributed by atoms with Gasteiger partial charge in [0.05, 0.1) is 12.2 Å². The number of carbonyl (C=O) groups excluding carboxylic acids is 1. The first kappa shape index (κ1) is 20.5. The SMILES string of the molecule is Cc1cnc(NC(=O)N2CCN(CCn3nc(C(C)(C)C)ccc3=O)CC2)s1. The number of piperazine rings is 1. The van der Waals surface area contributed by atoms with Gasteiger partial charge in [0.2, 0.25) is 0 Å². The van der Waals surface area contributed by atoms with Gasteiger partial charge in [0.15, 0.2) is 5.13 Å². The van der Waals surface area contributed by atoms with Crippen molar-refractivity contribution in [3.63, 3.8) is 0 Å². The van der Waals surface area contributed by atoms with Crippen LogP contribution in [-0.4, -0.2) is 63.3 Å². The van der Waals surface area contributed by atoms with Crippen molar-refractivity contribution in [2.45, 2.75) is 39.7 Å². The molecule has 0 unspecified atom stereocenters. The number of rotatable bonds is 4. The van der Waals surface area contributed by atoms with Gasteiger partial charge in [-0.3, -0.25) is 15.0 Å². The molecule has 1 aliphatic rings. The van der Waals surface area contributed by atoms with Crippen LogP contribution in [0, 0.1) is 6.92 Å². The van der Waals surface area contributed by atoms with E-state index in [1.165, 1.54) is 11.3 Å². The number of anilines is 1. The van der Waals surface area contributed by atoms with Crippen LogP contribution >= 0.6 is 11.3 Å². The highest BCUT2D eigenvalue weighted by Crippen LogP contribution is 2.18. The lowest BCUT2D eigenvalue weighted by Gasteiger charge is -2.34. The van der Waals surface area contributed by atoms with Crippen molar-refractivity contribution in [1.29, 1.82) is 0 Å². The number of aryl methyl sites for hydroxylation is 1. The lowest BCUT2D eigenvalue weighted by Crippen LogP contribution is -2.50. The molecule has 0 aromatic carbocycles. The molecule has 152 valence electrons. The van der Waals surface area contributed by atoms with Crippen LogP contribution in [0.2, 0.25) is 0 Å². The predicted octanol–water partition coefficient (Wildman–Crippen LogP) is 2.16. The van der Waals surface area contributed by atoms with E-state index in [0.29, 0.717) is 24.8 Å². The molecular weight excluding hydrogens is 376 g/mol. The summed E-state index contributed by atoms with van der Waals surface area (Å²) in [6.07, 6.45) is 1.75. The summed E-state index contributed by atoms with van der Waals surface area (Å²) in [6, 6.07) is 3.29. The number of hydrogen-bond acceptors (Lipinski definition) is 6. The molecular formula is C19H28N6O2S. The molecule has 2 aromatic heterocycles. The van der Waals surface area contributed by atoms with Crippen LogP contribution in [0.25, 0.3) is 0 Å². The summed E-state index contributed by atoms with van der Waals surface area (Å²) in [5.41, 5.74) is 0.737. The maximum atomic E-state index is 12.3. The number of nitrogens with one attached hydrogen (secondary N) is 1. The van der Waals surface area contributed by atoms with Crippen LogP contribution in [0.5, 0.6) is 0 Å². The maximum absolute atomic E-state index is 12.3. The Morgan fingerprint density at radius 1 is 1.18 bits per heavy atom. The lowest BCUT2D eigenvalue weighted by atomic mass is 9.92. The van der Waals surface area contributed by atoms with Gasteiger partial charge in [-0.1, -0.05) is 20.8 Å². The largest absolute Gasteiger partial charge is 0.323 e. The van der Waals surface area contributed by atoms with E-state index < -0.39 is 0 Å². The smallest absolute Gasteiger partial charge is 0.322 e. The van der Waals surface area contributed by atoms with Crippen LogP contribution < -0.4 is 10.9 Å². The summed E-state index contributed by atoms with van der Waals surface area (Å²) < 4.78 is 1.55. The van der Waals surface area contributed by atoms with Gasteiger partial charge in [-0.2, -0.15) is 5.10 Å². The van der Waals surface area contributed by atoms with Crippen molar-refractivity contribution in [3.8, 4) is 0 Å². The van der Waals surface area contributed by atoms with Crippen LogP contribution in [0.15, 0.2) is 23.1 Å². The zero-order valence-electron chi connectivity index (χ0n) is 16.9. The van der Waals surface area contributed by atoms with Gasteiger partial charge in [0.1, 0.15) is 0 Å². The van der Waals surface area contributed by atoms with Crippen molar-refractivity contribution in [3.05, 3.63) is 39.3 Å². The quantitative estimate of drug-likeness (QED) is 0.844. The standard InChI is InChI=1S/C19H28N6O2S/c1-14-13-20-17(28-14)21-18(27)24-10-7-23(8-11-24)9-12-25-16(26)6-5-15(22-25)19(2,3)4/h5-6,13H,7-12H2,1-4H3,(H,20,21,27). The van der Waals surface area contributed by atoms with Gasteiger partial charge in [-0.05, 0) is 13.0 Å². The first-order valence-corrected chi connectivity index (χ1v) is 10.3. The summed E-state index contributed by atoms with van der Waals surface area (Å²) in [4.78, 5) is 33.8. The fourth-order valence-corrected chi connectivity index (χ4v) is 3.66. The van der Waals surface area contributed by atoms with E-state index >= 15 is 0 Å². The van der Waals surface area contributed by atoms with Gasteiger partial charge >= 0.3 is 6.03 Å². The molecule has 0 aliphatic carbocycles. The Morgan fingerprint density at radius 3 is 2.50 bits per heavy atom. The molecule has 1 aliphatic heterocycles. The third-order valence-electron chi connectivity index (χ3n) is 4.76. The molecule has 2 amide bonds. The fraction of sp³-hybridized carbons (Fsp3) is 0.579. The molecule has 0 saturated carbocycles. The molecule has 9 heteroatoms. The molecule has 1 N–H and O–H groups in total. The van der Waals surface area contributed by atoms with E-state index in [1.807, 2.05) is 6.92 Å². The average Bonchev–Trinajstić information content (AvgIpc) is 3.05. The number of nitrogens with zero attached hydrogens (tertiary/aromatic N) is 5. The van der Waals surface area contributed by atoms with E-state index in [9.17, 15) is 9.59 Å². The second-order valence-electron chi connectivity index (χ2n) is 8.06. The van der Waals surface area contributed by atoms with Crippen LogP contribution in [0.3, 0.4) is 0 Å². The molecule has 28 heavy (non-hydrogen) atoms. The summed E-state index contributed by atoms with van der Waals surface area (Å²) in [6.45, 7) is 12.4. The second kappa shape index (κ2) is 8.40. The number of urea groups is 1. The third kappa shape index (κ3) is 5.17. The summed E-state index contributed by atoms with van der Waals surface area (Å²) in [7, 11) is 0. The summed E-state index contributed by atoms with van der Waals surface area (Å²) >= 11 is 1.47. The van der Waals surface area contributed by atoms with Crippen molar-refractivity contribution in [2.24, 2.45) is 0 Å². The molecule has 8 nitrogen and oxygen atoms in total. The van der Waals surface area contributed by atoms with E-state index in [-0.39, 0.29) is 17.0 Å². The monoisotopic (exact) mass is 404 g/mol. The molecule has 3 heterocycles. The molecule has 0 atom stereocenters. The molecule has 0 radical (unpaired) electrons. The van der Waals surface area contributed by atoms with E-state index in [0.717, 1.165) is 30.2 Å². The first-order chi connectivity index (χ1) is 13.2. The number of aromatic nitrogens is 3. The minimum atomic E-state index is -0.107. The number of hydrogen-bond donors (Lipinski definition) is 1. The average molecular weight is 405 g/mol. The Morgan fingerprint density at radius 2 is 1.89 bits per heavy atom. The number of carbonyl (C=O) groups is 1. The van der Waals surface area contributed by atoms with Gasteiger partial charge < -0.3 is 4.90 Å². The van der Waals surface area contributed by atoms with E-state index in [4.69, 9.17) is 0 Å². The molecule has 2 aromatic rings. The molecule has 0 spiro atoms. The fourth-order valence-electron chi connectivity index (χ4n) is 3.00. The molecule has 0 bridgehead atoms. The first-order valence-electron chi connectivity index (χ1n) is 9.52. The van der Waals surface area contributed by atoms with Crippen LogP contribution in [-0.2, 0) is 12.0 Å². The molecule has 3 rings (SSSR count). The number of thiazole rings is 1. The minimum absolute atomic E-state index is 0.0789. The maximum Gasteiger partial charge on any atom is 0.323 e. The van der Waals surface area contributed by atoms with Crippen molar-refractivity contribution in [1.82, 2.24) is 24.6 Å². The zero-order valence-corrected chi connectivity index (χ0v) is 17.8. The van der Waals surface area contributed by atoms with Crippen LogP contribution in [0.4, 0.5) is 9.93 Å². The summed E-state index contributed by atoms with van der Waals surface area (Å²) in [5.74, 6) is 0. The Balaban J connectivity index is 1.49. The number of amides is 2. The van der Waals surface area contributed by atoms with Gasteiger partial charge in [0.25, 0.3) is 5.56 Å². The Labute approximate surface area is 169 Å². The highest BCUT2D eigenvalue weighted by molar-refractivity contribution is 7.15. The Bertz CT molecular complexity index is 877. The van der Waals surface area contributed by atoms with Crippen molar-refractivity contribution in [2.75, 3.05) is 38.0 Å². The summed E-state index contributed by atoms with van der Waals surface area (Å²) in [5, 5.41) is 8.00. The highest BCUT2D eigenvalue weighted by Gasteiger charge is 2.22. The van der Waals surface area contributed by atoms with E-state index in [2.05, 4.69) is 41.1 Å². The minimum Gasteiger partial charge on any atom is -0.322 e. The lowest BCUT2D eigenvalue weighted by molar-refractivity contribution is 0.143. The van der Waals surface area contributed by atoms with E-state index in [1.54, 1.807) is 27.9 Å². The molecule has 1 fully saturated rings. The molecule has 1 saturated heterocycles. The van der Waals surface area contributed by atoms with Crippen molar-refractivity contribution < 1.29 is 4.79 Å². The Hall–Kier alpha value is -2.26. The van der Waals surface area contributed by atoms with Gasteiger partial charge in [-0.15, -0.1) is 11.3 Å². The van der Waals surface area contributed by atoms with Gasteiger partial charge in [-0.25, -0.2) is 14.5 Å². The van der Waals surface area contributed by atoms with Crippen molar-refractivity contribution >= 4 is 22.5 Å².